The Kier molecular flexibility index (Phi) is 5.06. The normalized spacial score (nSPS) is 26.0. The fourth-order valence-electron chi connectivity index (χ4n) is 5.28. The number of ether oxygens (including phenoxy) is 3. The van der Waals surface area contributed by atoms with E-state index in [0.717, 1.165) is 30.0 Å². The second-order valence-corrected chi connectivity index (χ2v) is 8.95. The summed E-state index contributed by atoms with van der Waals surface area (Å²) in [7, 11) is 0. The van der Waals surface area contributed by atoms with Gasteiger partial charge in [-0.2, -0.15) is 0 Å². The van der Waals surface area contributed by atoms with Crippen molar-refractivity contribution >= 4 is 28.9 Å². The highest BCUT2D eigenvalue weighted by Crippen LogP contribution is 2.55. The highest BCUT2D eigenvalue weighted by Gasteiger charge is 2.60. The zero-order valence-electron chi connectivity index (χ0n) is 17.8. The molecule has 0 unspecified atom stereocenters. The number of halogens is 2. The SMILES string of the molecule is CC(=O)OC1=C(c2c(C)cc(Oc3ncc(Cl)cc3F)cc2C)C(=O)[C@@H]2[C@H]1[C@H]1CC[C@@H]2O1. The van der Waals surface area contributed by atoms with Crippen molar-refractivity contribution < 1.29 is 28.2 Å². The molecule has 1 aliphatic carbocycles. The van der Waals surface area contributed by atoms with E-state index < -0.39 is 11.8 Å². The Hall–Kier alpha value is -2.77. The monoisotopic (exact) mass is 457 g/mol. The minimum atomic E-state index is -0.675. The summed E-state index contributed by atoms with van der Waals surface area (Å²) < 4.78 is 31.3. The van der Waals surface area contributed by atoms with E-state index in [1.165, 1.54) is 13.1 Å². The van der Waals surface area contributed by atoms with Crippen molar-refractivity contribution in [2.75, 3.05) is 0 Å². The number of fused-ring (bicyclic) bond motifs is 5. The Balaban J connectivity index is 1.56. The number of aryl methyl sites for hydroxylation is 2. The molecule has 8 heteroatoms. The molecule has 2 bridgehead atoms. The number of hydrogen-bond donors (Lipinski definition) is 0. The molecular weight excluding hydrogens is 437 g/mol. The third-order valence-electron chi connectivity index (χ3n) is 6.37. The molecule has 1 aromatic heterocycles. The van der Waals surface area contributed by atoms with Crippen LogP contribution in [0.1, 0.15) is 36.5 Å². The number of rotatable bonds is 4. The van der Waals surface area contributed by atoms with Crippen LogP contribution in [0.4, 0.5) is 4.39 Å². The number of hydrogen-bond acceptors (Lipinski definition) is 6. The minimum absolute atomic E-state index is 0.0521. The maximum absolute atomic E-state index is 14.1. The Labute approximate surface area is 189 Å². The van der Waals surface area contributed by atoms with Crippen LogP contribution in [-0.4, -0.2) is 28.9 Å². The molecule has 0 radical (unpaired) electrons. The van der Waals surface area contributed by atoms with E-state index in [0.29, 0.717) is 22.6 Å². The number of pyridine rings is 1. The number of ketones is 1. The summed E-state index contributed by atoms with van der Waals surface area (Å²) >= 11 is 5.75. The van der Waals surface area contributed by atoms with Gasteiger partial charge in [-0.05, 0) is 61.6 Å². The summed E-state index contributed by atoms with van der Waals surface area (Å²) in [6.07, 6.45) is 2.74. The molecule has 166 valence electrons. The van der Waals surface area contributed by atoms with Crippen LogP contribution in [0.2, 0.25) is 5.02 Å². The Morgan fingerprint density at radius 3 is 2.44 bits per heavy atom. The number of carbonyl (C=O) groups excluding carboxylic acids is 2. The highest BCUT2D eigenvalue weighted by atomic mass is 35.5. The number of carbonyl (C=O) groups is 2. The predicted octanol–water partition coefficient (Wildman–Crippen LogP) is 4.93. The zero-order chi connectivity index (χ0) is 22.7. The molecule has 3 aliphatic rings. The van der Waals surface area contributed by atoms with Gasteiger partial charge in [-0.3, -0.25) is 9.59 Å². The van der Waals surface area contributed by atoms with Gasteiger partial charge in [0.2, 0.25) is 0 Å². The van der Waals surface area contributed by atoms with Gasteiger partial charge in [0.15, 0.2) is 11.6 Å². The average molecular weight is 458 g/mol. The molecular formula is C24H21ClFNO5. The predicted molar refractivity (Wildman–Crippen MR) is 114 cm³/mol. The average Bonchev–Trinajstić information content (AvgIpc) is 3.39. The van der Waals surface area contributed by atoms with E-state index in [4.69, 9.17) is 25.8 Å². The largest absolute Gasteiger partial charge is 0.436 e. The smallest absolute Gasteiger partial charge is 0.307 e. The molecule has 1 aromatic carbocycles. The number of Topliss-reactive ketones (excluding diaryl/α,β-unsaturated/α-hetero) is 1. The van der Waals surface area contributed by atoms with E-state index >= 15 is 0 Å². The van der Waals surface area contributed by atoms with E-state index in [1.807, 2.05) is 13.8 Å². The highest BCUT2D eigenvalue weighted by molar-refractivity contribution is 6.30. The molecule has 2 aliphatic heterocycles. The van der Waals surface area contributed by atoms with E-state index in [-0.39, 0.29) is 40.7 Å². The fraction of sp³-hybridized carbons (Fsp3) is 0.375. The lowest BCUT2D eigenvalue weighted by Gasteiger charge is -2.21. The summed E-state index contributed by atoms with van der Waals surface area (Å²) in [6, 6.07) is 4.55. The van der Waals surface area contributed by atoms with Crippen molar-refractivity contribution in [1.29, 1.82) is 0 Å². The lowest BCUT2D eigenvalue weighted by molar-refractivity contribution is -0.138. The molecule has 3 heterocycles. The third-order valence-corrected chi connectivity index (χ3v) is 6.58. The summed E-state index contributed by atoms with van der Waals surface area (Å²) in [5.41, 5.74) is 2.64. The van der Waals surface area contributed by atoms with Crippen LogP contribution in [0.15, 0.2) is 30.2 Å². The van der Waals surface area contributed by atoms with Crippen molar-refractivity contribution in [1.82, 2.24) is 4.98 Å². The van der Waals surface area contributed by atoms with E-state index in [1.54, 1.807) is 12.1 Å². The first-order valence-corrected chi connectivity index (χ1v) is 10.8. The van der Waals surface area contributed by atoms with Crippen LogP contribution in [0.25, 0.3) is 5.57 Å². The fourth-order valence-corrected chi connectivity index (χ4v) is 5.43. The first-order chi connectivity index (χ1) is 15.2. The summed E-state index contributed by atoms with van der Waals surface area (Å²) in [4.78, 5) is 29.3. The van der Waals surface area contributed by atoms with E-state index in [9.17, 15) is 14.0 Å². The van der Waals surface area contributed by atoms with Crippen LogP contribution in [0.3, 0.4) is 0 Å². The third kappa shape index (κ3) is 3.31. The van der Waals surface area contributed by atoms with Gasteiger partial charge in [0.05, 0.1) is 34.6 Å². The quantitative estimate of drug-likeness (QED) is 0.606. The van der Waals surface area contributed by atoms with Crippen LogP contribution in [-0.2, 0) is 19.1 Å². The van der Waals surface area contributed by atoms with Crippen LogP contribution in [0.5, 0.6) is 11.6 Å². The first kappa shape index (κ1) is 21.1. The number of esters is 1. The van der Waals surface area contributed by atoms with Crippen LogP contribution < -0.4 is 4.74 Å². The minimum Gasteiger partial charge on any atom is -0.436 e. The molecule has 0 spiro atoms. The zero-order valence-corrected chi connectivity index (χ0v) is 18.5. The molecule has 0 N–H and O–H groups in total. The van der Waals surface area contributed by atoms with Crippen molar-refractivity contribution in [3.63, 3.8) is 0 Å². The van der Waals surface area contributed by atoms with Gasteiger partial charge in [0.1, 0.15) is 11.5 Å². The molecule has 2 fully saturated rings. The first-order valence-electron chi connectivity index (χ1n) is 10.5. The van der Waals surface area contributed by atoms with Gasteiger partial charge in [0, 0.05) is 13.1 Å². The summed E-state index contributed by atoms with van der Waals surface area (Å²) in [6.45, 7) is 5.01. The standard InChI is InChI=1S/C24H21ClFNO5/c1-10-6-14(31-24-15(26)8-13(25)9-27-24)7-11(2)18(10)21-22(29)19-16-4-5-17(32-16)20(19)23(21)30-12(3)28/h6-9,16-17,19-20H,4-5H2,1-3H3/t16-,17+,19-,20+/m0/s1. The Morgan fingerprint density at radius 2 is 1.81 bits per heavy atom. The molecule has 6 nitrogen and oxygen atoms in total. The van der Waals surface area contributed by atoms with Gasteiger partial charge >= 0.3 is 5.97 Å². The molecule has 2 saturated heterocycles. The molecule has 0 amide bonds. The lowest BCUT2D eigenvalue weighted by atomic mass is 9.80. The van der Waals surface area contributed by atoms with Gasteiger partial charge in [-0.25, -0.2) is 9.37 Å². The van der Waals surface area contributed by atoms with Crippen molar-refractivity contribution in [2.45, 2.75) is 45.8 Å². The number of aromatic nitrogens is 1. The maximum atomic E-state index is 14.1. The molecule has 2 aromatic rings. The molecule has 32 heavy (non-hydrogen) atoms. The topological polar surface area (TPSA) is 74.7 Å². The molecule has 4 atom stereocenters. The Bertz CT molecular complexity index is 1170. The van der Waals surface area contributed by atoms with Gasteiger partial charge < -0.3 is 14.2 Å². The lowest BCUT2D eigenvalue weighted by Crippen LogP contribution is -2.29. The Morgan fingerprint density at radius 1 is 1.16 bits per heavy atom. The molecule has 5 rings (SSSR count). The second kappa shape index (κ2) is 7.67. The maximum Gasteiger partial charge on any atom is 0.307 e. The molecule has 0 saturated carbocycles. The number of allylic oxidation sites excluding steroid dienone is 1. The van der Waals surface area contributed by atoms with Gasteiger partial charge in [0.25, 0.3) is 5.88 Å². The van der Waals surface area contributed by atoms with Gasteiger partial charge in [-0.1, -0.05) is 11.6 Å². The van der Waals surface area contributed by atoms with Crippen molar-refractivity contribution in [3.8, 4) is 11.6 Å². The van der Waals surface area contributed by atoms with Crippen LogP contribution in [0, 0.1) is 31.5 Å². The van der Waals surface area contributed by atoms with E-state index in [2.05, 4.69) is 4.98 Å². The van der Waals surface area contributed by atoms with Crippen molar-refractivity contribution in [2.24, 2.45) is 11.8 Å². The summed E-state index contributed by atoms with van der Waals surface area (Å²) in [5, 5.41) is 0.172. The summed E-state index contributed by atoms with van der Waals surface area (Å²) in [5.74, 6) is -1.16. The number of nitrogens with zero attached hydrogens (tertiary/aromatic N) is 1. The number of benzene rings is 1. The van der Waals surface area contributed by atoms with Gasteiger partial charge in [-0.15, -0.1) is 0 Å². The van der Waals surface area contributed by atoms with Crippen molar-refractivity contribution in [3.05, 3.63) is 57.7 Å². The second-order valence-electron chi connectivity index (χ2n) is 8.51. The van der Waals surface area contributed by atoms with Crippen LogP contribution >= 0.6 is 11.6 Å².